The summed E-state index contributed by atoms with van der Waals surface area (Å²) < 4.78 is 45.2. The molecule has 2 aromatic carbocycles. The molecule has 1 saturated heterocycles. The number of nitrogens with zero attached hydrogens (tertiary/aromatic N) is 2. The summed E-state index contributed by atoms with van der Waals surface area (Å²) in [5.74, 6) is 0.648. The Labute approximate surface area is 254 Å². The molecule has 0 bridgehead atoms. The minimum atomic E-state index is -3.67. The van der Waals surface area contributed by atoms with Crippen molar-refractivity contribution in [3.05, 3.63) is 85.9 Å². The van der Waals surface area contributed by atoms with Gasteiger partial charge < -0.3 is 23.3 Å². The average molecular weight is 629 g/mol. The molecule has 1 atom stereocenters. The fourth-order valence-electron chi connectivity index (χ4n) is 5.37. The Morgan fingerprint density at radius 1 is 1.05 bits per heavy atom. The maximum Gasteiger partial charge on any atom is 0.361 e. The summed E-state index contributed by atoms with van der Waals surface area (Å²) in [5, 5.41) is 2.58. The second-order valence-electron chi connectivity index (χ2n) is 10.2. The van der Waals surface area contributed by atoms with Gasteiger partial charge in [-0.05, 0) is 68.8 Å². The van der Waals surface area contributed by atoms with Crippen LogP contribution in [-0.2, 0) is 29.6 Å². The Morgan fingerprint density at radius 3 is 2.47 bits per heavy atom. The molecule has 0 N–H and O–H groups in total. The van der Waals surface area contributed by atoms with E-state index in [1.807, 2.05) is 36.6 Å². The highest BCUT2D eigenvalue weighted by Gasteiger charge is 2.29. The van der Waals surface area contributed by atoms with E-state index in [1.165, 1.54) is 17.4 Å². The lowest BCUT2D eigenvalue weighted by atomic mass is 10.1. The van der Waals surface area contributed by atoms with Gasteiger partial charge in [-0.1, -0.05) is 24.3 Å². The smallest absolute Gasteiger partial charge is 0.361 e. The second kappa shape index (κ2) is 13.7. The first kappa shape index (κ1) is 31.4. The molecule has 10 nitrogen and oxygen atoms in total. The van der Waals surface area contributed by atoms with E-state index in [-0.39, 0.29) is 36.9 Å². The van der Waals surface area contributed by atoms with Crippen molar-refractivity contribution in [2.75, 3.05) is 33.5 Å². The molecule has 0 spiro atoms. The van der Waals surface area contributed by atoms with E-state index in [2.05, 4.69) is 0 Å². The first-order chi connectivity index (χ1) is 20.8. The highest BCUT2D eigenvalue weighted by molar-refractivity contribution is 7.62. The van der Waals surface area contributed by atoms with E-state index in [9.17, 15) is 14.2 Å². The monoisotopic (exact) mass is 628 g/mol. The number of methoxy groups -OCH3 is 1. The van der Waals surface area contributed by atoms with Crippen LogP contribution in [0.2, 0.25) is 0 Å². The molecule has 12 heteroatoms. The van der Waals surface area contributed by atoms with Crippen LogP contribution in [0.3, 0.4) is 0 Å². The molecule has 0 radical (unpaired) electrons. The Kier molecular flexibility index (Phi) is 10.0. The third kappa shape index (κ3) is 6.43. The minimum absolute atomic E-state index is 0.0613. The zero-order valence-electron chi connectivity index (χ0n) is 24.8. The predicted octanol–water partition coefficient (Wildman–Crippen LogP) is 5.36. The van der Waals surface area contributed by atoms with E-state index in [4.69, 9.17) is 23.3 Å². The zero-order valence-corrected chi connectivity index (χ0v) is 26.5. The van der Waals surface area contributed by atoms with E-state index in [0.717, 1.165) is 28.5 Å². The molecule has 1 aliphatic rings. The topological polar surface area (TPSA) is 107 Å². The summed E-state index contributed by atoms with van der Waals surface area (Å²) in [5.41, 5.74) is 0.854. The second-order valence-corrected chi connectivity index (χ2v) is 13.0. The SMILES string of the molecule is CCOP(=O)(OCC)c1cccc(-n2c(=O)c3c(C)csc3n(C[C@H](OC3CCOCC3)c3ccccc3OC)c2=O)c1. The van der Waals surface area contributed by atoms with E-state index in [1.54, 1.807) is 43.7 Å². The van der Waals surface area contributed by atoms with Gasteiger partial charge in [0.1, 0.15) is 16.7 Å². The molecule has 0 saturated carbocycles. The third-order valence-corrected chi connectivity index (χ3v) is 10.6. The Bertz CT molecular complexity index is 1730. The number of hydrogen-bond acceptors (Lipinski definition) is 9. The van der Waals surface area contributed by atoms with Crippen LogP contribution in [0.1, 0.15) is 43.9 Å². The first-order valence-electron chi connectivity index (χ1n) is 14.4. The molecule has 230 valence electrons. The third-order valence-electron chi connectivity index (χ3n) is 7.40. The number of aromatic nitrogens is 2. The van der Waals surface area contributed by atoms with Crippen LogP contribution >= 0.6 is 18.9 Å². The van der Waals surface area contributed by atoms with Crippen LogP contribution in [0.4, 0.5) is 0 Å². The van der Waals surface area contributed by atoms with Crippen LogP contribution in [0.25, 0.3) is 15.9 Å². The highest BCUT2D eigenvalue weighted by Crippen LogP contribution is 2.47. The molecule has 0 unspecified atom stereocenters. The predicted molar refractivity (Wildman–Crippen MR) is 168 cm³/mol. The van der Waals surface area contributed by atoms with Gasteiger partial charge in [-0.2, -0.15) is 0 Å². The van der Waals surface area contributed by atoms with Gasteiger partial charge in [0.05, 0.1) is 49.4 Å². The fraction of sp³-hybridized carbons (Fsp3) is 0.419. The molecule has 5 rings (SSSR count). The largest absolute Gasteiger partial charge is 0.496 e. The van der Waals surface area contributed by atoms with Gasteiger partial charge in [0.15, 0.2) is 0 Å². The van der Waals surface area contributed by atoms with Crippen molar-refractivity contribution in [1.29, 1.82) is 0 Å². The summed E-state index contributed by atoms with van der Waals surface area (Å²) in [6, 6.07) is 14.0. The molecule has 0 amide bonds. The summed E-state index contributed by atoms with van der Waals surface area (Å²) in [6.45, 7) is 7.00. The Morgan fingerprint density at radius 2 is 1.77 bits per heavy atom. The number of benzene rings is 2. The van der Waals surface area contributed by atoms with Crippen molar-refractivity contribution in [3.8, 4) is 11.4 Å². The first-order valence-corrected chi connectivity index (χ1v) is 16.8. The standard InChI is InChI=1S/C31H37N2O8PS/c1-5-39-42(36,40-6-2)24-11-9-10-22(18-24)33-29(34)28-21(3)20-43-30(28)32(31(33)35)19-27(41-23-14-16-38-17-15-23)25-12-7-8-13-26(25)37-4/h7-13,18,20,23,27H,5-6,14-17,19H2,1-4H3/t27-/m0/s1. The van der Waals surface area contributed by atoms with Crippen molar-refractivity contribution < 1.29 is 27.8 Å². The fourth-order valence-corrected chi connectivity index (χ4v) is 8.03. The molecule has 0 aliphatic carbocycles. The Hall–Kier alpha value is -3.05. The average Bonchev–Trinajstić information content (AvgIpc) is 3.41. The van der Waals surface area contributed by atoms with E-state index >= 15 is 0 Å². The van der Waals surface area contributed by atoms with Crippen LogP contribution in [0, 0.1) is 6.92 Å². The normalized spacial score (nSPS) is 15.2. The Balaban J connectivity index is 1.67. The minimum Gasteiger partial charge on any atom is -0.496 e. The van der Waals surface area contributed by atoms with Gasteiger partial charge >= 0.3 is 13.3 Å². The van der Waals surface area contributed by atoms with E-state index < -0.39 is 24.9 Å². The molecule has 1 aliphatic heterocycles. The summed E-state index contributed by atoms with van der Waals surface area (Å²) in [4.78, 5) is 28.8. The van der Waals surface area contributed by atoms with Crippen molar-refractivity contribution in [2.24, 2.45) is 0 Å². The number of thiophene rings is 1. The number of para-hydroxylation sites is 1. The van der Waals surface area contributed by atoms with Crippen LogP contribution in [-0.4, -0.2) is 48.8 Å². The maximum absolute atomic E-state index is 14.3. The van der Waals surface area contributed by atoms with Crippen LogP contribution in [0.15, 0.2) is 63.5 Å². The van der Waals surface area contributed by atoms with Gasteiger partial charge in [0.25, 0.3) is 5.56 Å². The molecule has 3 heterocycles. The molecule has 4 aromatic rings. The van der Waals surface area contributed by atoms with Crippen molar-refractivity contribution in [1.82, 2.24) is 9.13 Å². The lowest BCUT2D eigenvalue weighted by Gasteiger charge is -2.29. The van der Waals surface area contributed by atoms with Gasteiger partial charge in [-0.15, -0.1) is 11.3 Å². The van der Waals surface area contributed by atoms with Gasteiger partial charge in [0, 0.05) is 18.8 Å². The highest BCUT2D eigenvalue weighted by atomic mass is 32.1. The van der Waals surface area contributed by atoms with Crippen molar-refractivity contribution >= 4 is 34.5 Å². The molecular formula is C31H37N2O8PS. The summed E-state index contributed by atoms with van der Waals surface area (Å²) in [6.07, 6.45) is 0.866. The van der Waals surface area contributed by atoms with Gasteiger partial charge in [-0.3, -0.25) is 13.9 Å². The van der Waals surface area contributed by atoms with Crippen LogP contribution < -0.4 is 21.3 Å². The van der Waals surface area contributed by atoms with Crippen molar-refractivity contribution in [2.45, 2.75) is 52.4 Å². The molecule has 1 fully saturated rings. The zero-order chi connectivity index (χ0) is 30.6. The molecule has 43 heavy (non-hydrogen) atoms. The van der Waals surface area contributed by atoms with Crippen LogP contribution in [0.5, 0.6) is 5.75 Å². The number of rotatable bonds is 12. The lowest BCUT2D eigenvalue weighted by molar-refractivity contribution is -0.0752. The molecule has 2 aromatic heterocycles. The number of hydrogen-bond donors (Lipinski definition) is 0. The summed E-state index contributed by atoms with van der Waals surface area (Å²) in [7, 11) is -2.06. The number of aryl methyl sites for hydroxylation is 1. The number of ether oxygens (including phenoxy) is 3. The van der Waals surface area contributed by atoms with Gasteiger partial charge in [-0.25, -0.2) is 9.36 Å². The van der Waals surface area contributed by atoms with Gasteiger partial charge in [0.2, 0.25) is 0 Å². The van der Waals surface area contributed by atoms with E-state index in [0.29, 0.717) is 29.2 Å². The lowest BCUT2D eigenvalue weighted by Crippen LogP contribution is -2.40. The molecular weight excluding hydrogens is 591 g/mol. The summed E-state index contributed by atoms with van der Waals surface area (Å²) >= 11 is 1.34. The quantitative estimate of drug-likeness (QED) is 0.193. The maximum atomic E-state index is 14.3. The van der Waals surface area contributed by atoms with Crippen molar-refractivity contribution in [3.63, 3.8) is 0 Å². The number of fused-ring (bicyclic) bond motifs is 1.